The van der Waals surface area contributed by atoms with Crippen LogP contribution in [0.4, 0.5) is 0 Å². The molecule has 2 rings (SSSR count). The van der Waals surface area contributed by atoms with Crippen molar-refractivity contribution in [2.24, 2.45) is 0 Å². The van der Waals surface area contributed by atoms with E-state index in [-0.39, 0.29) is 0 Å². The van der Waals surface area contributed by atoms with Crippen LogP contribution in [-0.2, 0) is 0 Å². The fourth-order valence-electron chi connectivity index (χ4n) is 2.07. The van der Waals surface area contributed by atoms with E-state index in [4.69, 9.17) is 27.9 Å². The predicted molar refractivity (Wildman–Crippen MR) is 94.8 cm³/mol. The van der Waals surface area contributed by atoms with Gasteiger partial charge in [0.1, 0.15) is 11.4 Å². The summed E-state index contributed by atoms with van der Waals surface area (Å²) in [5.74, 6) is 0.792. The van der Waals surface area contributed by atoms with Crippen molar-refractivity contribution in [2.45, 2.75) is 27.2 Å². The second-order valence-electron chi connectivity index (χ2n) is 5.17. The minimum Gasteiger partial charge on any atom is -0.491 e. The number of pyridine rings is 1. The standard InChI is InChI=1S/C18H19Cl2NO/c1-4-7-22-18-6-5-13(3)21-17(18)8-12(2)14-9-15(19)11-16(20)10-14/h5-6,8-11H,4,7H2,1-3H3. The lowest BCUT2D eigenvalue weighted by atomic mass is 10.1. The highest BCUT2D eigenvalue weighted by molar-refractivity contribution is 6.34. The molecule has 0 bridgehead atoms. The lowest BCUT2D eigenvalue weighted by molar-refractivity contribution is 0.315. The summed E-state index contributed by atoms with van der Waals surface area (Å²) in [5.41, 5.74) is 3.78. The van der Waals surface area contributed by atoms with Gasteiger partial charge < -0.3 is 4.74 Å². The van der Waals surface area contributed by atoms with Crippen LogP contribution in [0.3, 0.4) is 0 Å². The summed E-state index contributed by atoms with van der Waals surface area (Å²) < 4.78 is 5.77. The summed E-state index contributed by atoms with van der Waals surface area (Å²) in [5, 5.41) is 1.24. The maximum absolute atomic E-state index is 6.07. The van der Waals surface area contributed by atoms with E-state index in [0.29, 0.717) is 16.7 Å². The lowest BCUT2D eigenvalue weighted by Gasteiger charge is -2.10. The maximum atomic E-state index is 6.07. The number of ether oxygens (including phenoxy) is 1. The van der Waals surface area contributed by atoms with Crippen LogP contribution in [0.2, 0.25) is 10.0 Å². The van der Waals surface area contributed by atoms with Gasteiger partial charge in [0, 0.05) is 15.7 Å². The topological polar surface area (TPSA) is 22.1 Å². The Balaban J connectivity index is 2.40. The van der Waals surface area contributed by atoms with E-state index in [0.717, 1.165) is 34.7 Å². The summed E-state index contributed by atoms with van der Waals surface area (Å²) >= 11 is 12.1. The van der Waals surface area contributed by atoms with Crippen molar-refractivity contribution in [3.63, 3.8) is 0 Å². The molecule has 2 nitrogen and oxygen atoms in total. The van der Waals surface area contributed by atoms with Crippen LogP contribution in [-0.4, -0.2) is 11.6 Å². The minimum absolute atomic E-state index is 0.620. The van der Waals surface area contributed by atoms with Gasteiger partial charge in [-0.05, 0) is 67.8 Å². The van der Waals surface area contributed by atoms with Crippen LogP contribution in [0.1, 0.15) is 37.2 Å². The number of halogens is 2. The highest BCUT2D eigenvalue weighted by Gasteiger charge is 2.06. The molecular weight excluding hydrogens is 317 g/mol. The first-order chi connectivity index (χ1) is 10.5. The molecule has 0 fully saturated rings. The number of nitrogens with zero attached hydrogens (tertiary/aromatic N) is 1. The van der Waals surface area contributed by atoms with E-state index < -0.39 is 0 Å². The molecule has 4 heteroatoms. The van der Waals surface area contributed by atoms with E-state index in [1.54, 1.807) is 6.07 Å². The molecule has 0 atom stereocenters. The van der Waals surface area contributed by atoms with Gasteiger partial charge in [0.25, 0.3) is 0 Å². The Morgan fingerprint density at radius 3 is 2.50 bits per heavy atom. The zero-order valence-electron chi connectivity index (χ0n) is 13.0. The number of aromatic nitrogens is 1. The van der Waals surface area contributed by atoms with E-state index in [9.17, 15) is 0 Å². The van der Waals surface area contributed by atoms with Crippen molar-refractivity contribution in [2.75, 3.05) is 6.61 Å². The Kier molecular flexibility index (Phi) is 5.87. The van der Waals surface area contributed by atoms with Crippen molar-refractivity contribution >= 4 is 34.9 Å². The number of benzene rings is 1. The second-order valence-corrected chi connectivity index (χ2v) is 6.04. The molecule has 0 N–H and O–H groups in total. The summed E-state index contributed by atoms with van der Waals surface area (Å²) in [6.07, 6.45) is 2.96. The van der Waals surface area contributed by atoms with Crippen molar-refractivity contribution in [1.29, 1.82) is 0 Å². The van der Waals surface area contributed by atoms with E-state index in [1.807, 2.05) is 44.2 Å². The molecule has 0 aliphatic heterocycles. The first-order valence-corrected chi connectivity index (χ1v) is 8.00. The van der Waals surface area contributed by atoms with Gasteiger partial charge in [0.2, 0.25) is 0 Å². The molecule has 0 spiro atoms. The van der Waals surface area contributed by atoms with Crippen molar-refractivity contribution in [3.8, 4) is 5.75 Å². The van der Waals surface area contributed by atoms with E-state index in [1.165, 1.54) is 0 Å². The number of hydrogen-bond donors (Lipinski definition) is 0. The molecule has 116 valence electrons. The van der Waals surface area contributed by atoms with Crippen molar-refractivity contribution < 1.29 is 4.74 Å². The van der Waals surface area contributed by atoms with Gasteiger partial charge in [0.15, 0.2) is 0 Å². The SMILES string of the molecule is CCCOc1ccc(C)nc1C=C(C)c1cc(Cl)cc(Cl)c1. The fraction of sp³-hybridized carbons (Fsp3) is 0.278. The Morgan fingerprint density at radius 2 is 1.86 bits per heavy atom. The zero-order chi connectivity index (χ0) is 16.1. The van der Waals surface area contributed by atoms with Crippen LogP contribution in [0.25, 0.3) is 11.6 Å². The van der Waals surface area contributed by atoms with Crippen LogP contribution < -0.4 is 4.74 Å². The van der Waals surface area contributed by atoms with Gasteiger partial charge in [-0.2, -0.15) is 0 Å². The summed E-state index contributed by atoms with van der Waals surface area (Å²) in [4.78, 5) is 4.57. The zero-order valence-corrected chi connectivity index (χ0v) is 14.5. The maximum Gasteiger partial charge on any atom is 0.144 e. The molecule has 0 radical (unpaired) electrons. The third kappa shape index (κ3) is 4.49. The van der Waals surface area contributed by atoms with Gasteiger partial charge in [-0.3, -0.25) is 0 Å². The summed E-state index contributed by atoms with van der Waals surface area (Å²) in [6, 6.07) is 9.42. The van der Waals surface area contributed by atoms with E-state index >= 15 is 0 Å². The molecular formula is C18H19Cl2NO. The normalized spacial score (nSPS) is 11.6. The summed E-state index contributed by atoms with van der Waals surface area (Å²) in [6.45, 7) is 6.73. The molecule has 2 aromatic rings. The Hall–Kier alpha value is -1.51. The van der Waals surface area contributed by atoms with E-state index in [2.05, 4.69) is 11.9 Å². The fourth-order valence-corrected chi connectivity index (χ4v) is 2.60. The molecule has 1 aromatic carbocycles. The van der Waals surface area contributed by atoms with Crippen LogP contribution in [0, 0.1) is 6.92 Å². The Labute approximate surface area is 141 Å². The molecule has 0 amide bonds. The molecule has 0 unspecified atom stereocenters. The Bertz CT molecular complexity index is 675. The number of allylic oxidation sites excluding steroid dienone is 1. The van der Waals surface area contributed by atoms with Crippen molar-refractivity contribution in [3.05, 3.63) is 57.3 Å². The van der Waals surface area contributed by atoms with Crippen LogP contribution >= 0.6 is 23.2 Å². The molecule has 0 aliphatic rings. The van der Waals surface area contributed by atoms with Gasteiger partial charge >= 0.3 is 0 Å². The highest BCUT2D eigenvalue weighted by Crippen LogP contribution is 2.27. The quantitative estimate of drug-likeness (QED) is 0.663. The van der Waals surface area contributed by atoms with Gasteiger partial charge in [0.05, 0.1) is 6.61 Å². The predicted octanol–water partition coefficient (Wildman–Crippen LogP) is 6.05. The highest BCUT2D eigenvalue weighted by atomic mass is 35.5. The van der Waals surface area contributed by atoms with Crippen LogP contribution in [0.15, 0.2) is 30.3 Å². The Morgan fingerprint density at radius 1 is 1.18 bits per heavy atom. The molecule has 0 saturated carbocycles. The largest absolute Gasteiger partial charge is 0.491 e. The third-order valence-corrected chi connectivity index (χ3v) is 3.59. The first kappa shape index (κ1) is 16.9. The average molecular weight is 336 g/mol. The number of rotatable bonds is 5. The molecule has 1 aromatic heterocycles. The molecule has 1 heterocycles. The number of hydrogen-bond acceptors (Lipinski definition) is 2. The first-order valence-electron chi connectivity index (χ1n) is 7.25. The average Bonchev–Trinajstić information content (AvgIpc) is 2.45. The van der Waals surface area contributed by atoms with Gasteiger partial charge in [-0.1, -0.05) is 30.1 Å². The minimum atomic E-state index is 0.620. The number of aryl methyl sites for hydroxylation is 1. The van der Waals surface area contributed by atoms with Crippen molar-refractivity contribution in [1.82, 2.24) is 4.98 Å². The smallest absolute Gasteiger partial charge is 0.144 e. The molecule has 22 heavy (non-hydrogen) atoms. The third-order valence-electron chi connectivity index (χ3n) is 3.16. The van der Waals surface area contributed by atoms with Crippen LogP contribution in [0.5, 0.6) is 5.75 Å². The monoisotopic (exact) mass is 335 g/mol. The lowest BCUT2D eigenvalue weighted by Crippen LogP contribution is -1.99. The molecule has 0 saturated heterocycles. The molecule has 0 aliphatic carbocycles. The van der Waals surface area contributed by atoms with Gasteiger partial charge in [-0.25, -0.2) is 4.98 Å². The summed E-state index contributed by atoms with van der Waals surface area (Å²) in [7, 11) is 0. The van der Waals surface area contributed by atoms with Gasteiger partial charge in [-0.15, -0.1) is 0 Å². The second kappa shape index (κ2) is 7.66.